The fraction of sp³-hybridized carbons (Fsp3) is 0.125. The Balaban J connectivity index is 2.15. The molecule has 0 unspecified atom stereocenters. The summed E-state index contributed by atoms with van der Waals surface area (Å²) in [6.45, 7) is 3.53. The Morgan fingerprint density at radius 3 is 2.55 bits per heavy atom. The molecule has 2 aromatic carbocycles. The first-order valence-corrected chi connectivity index (χ1v) is 9.38. The van der Waals surface area contributed by atoms with E-state index in [1.165, 1.54) is 12.2 Å². The maximum Gasteiger partial charge on any atom is 0.349 e. The van der Waals surface area contributed by atoms with Crippen molar-refractivity contribution in [1.82, 2.24) is 9.78 Å². The van der Waals surface area contributed by atoms with Crippen LogP contribution in [0.1, 0.15) is 5.56 Å². The lowest BCUT2D eigenvalue weighted by Crippen LogP contribution is -2.06. The molecule has 0 aliphatic heterocycles. The van der Waals surface area contributed by atoms with Gasteiger partial charge in [0.15, 0.2) is 11.5 Å². The summed E-state index contributed by atoms with van der Waals surface area (Å²) in [6, 6.07) is 16.8. The lowest BCUT2D eigenvalue weighted by atomic mass is 10.1. The number of nitriles is 1. The lowest BCUT2D eigenvalue weighted by molar-refractivity contribution is -0.137. The number of aromatic nitrogens is 2. The Morgan fingerprint density at radius 2 is 1.90 bits per heavy atom. The minimum atomic E-state index is -0.729. The van der Waals surface area contributed by atoms with E-state index in [4.69, 9.17) is 14.2 Å². The third-order valence-corrected chi connectivity index (χ3v) is 4.39. The molecule has 0 aliphatic rings. The normalized spacial score (nSPS) is 10.8. The monoisotopic (exact) mass is 415 g/mol. The van der Waals surface area contributed by atoms with E-state index in [0.29, 0.717) is 22.8 Å². The van der Waals surface area contributed by atoms with Crippen molar-refractivity contribution >= 4 is 12.0 Å². The Labute approximate surface area is 180 Å². The predicted octanol–water partition coefficient (Wildman–Crippen LogP) is 4.19. The first-order valence-electron chi connectivity index (χ1n) is 9.38. The molecule has 0 amide bonds. The van der Waals surface area contributed by atoms with Crippen LogP contribution in [-0.4, -0.2) is 36.6 Å². The SMILES string of the molecule is C=CCOC(=O)/C(C#N)=C/c1cn(-c2ccccc2)nc1-c1ccc(OC)c(OC)c1. The number of benzene rings is 2. The number of carbonyl (C=O) groups excluding carboxylic acids is 1. The molecule has 0 spiro atoms. The van der Waals surface area contributed by atoms with E-state index in [2.05, 4.69) is 11.7 Å². The van der Waals surface area contributed by atoms with Crippen molar-refractivity contribution in [2.75, 3.05) is 20.8 Å². The van der Waals surface area contributed by atoms with Gasteiger partial charge in [0.25, 0.3) is 0 Å². The number of nitrogens with zero attached hydrogens (tertiary/aromatic N) is 3. The van der Waals surface area contributed by atoms with E-state index in [9.17, 15) is 10.1 Å². The highest BCUT2D eigenvalue weighted by Gasteiger charge is 2.17. The number of ether oxygens (including phenoxy) is 3. The second-order valence-corrected chi connectivity index (χ2v) is 6.34. The zero-order valence-electron chi connectivity index (χ0n) is 17.2. The Morgan fingerprint density at radius 1 is 1.16 bits per heavy atom. The summed E-state index contributed by atoms with van der Waals surface area (Å²) in [5.41, 5.74) is 2.56. The van der Waals surface area contributed by atoms with Gasteiger partial charge in [0, 0.05) is 17.3 Å². The van der Waals surface area contributed by atoms with Gasteiger partial charge in [-0.3, -0.25) is 0 Å². The van der Waals surface area contributed by atoms with Gasteiger partial charge in [0.2, 0.25) is 0 Å². The Hall–Kier alpha value is -4.31. The smallest absolute Gasteiger partial charge is 0.349 e. The molecule has 0 saturated carbocycles. The van der Waals surface area contributed by atoms with Crippen LogP contribution in [0, 0.1) is 11.3 Å². The number of hydrogen-bond donors (Lipinski definition) is 0. The Kier molecular flexibility index (Phi) is 6.86. The highest BCUT2D eigenvalue weighted by Crippen LogP contribution is 2.34. The molecular weight excluding hydrogens is 394 g/mol. The molecule has 3 rings (SSSR count). The van der Waals surface area contributed by atoms with Crippen LogP contribution >= 0.6 is 0 Å². The van der Waals surface area contributed by atoms with Crippen LogP contribution in [0.5, 0.6) is 11.5 Å². The van der Waals surface area contributed by atoms with E-state index in [1.54, 1.807) is 37.2 Å². The molecule has 0 N–H and O–H groups in total. The van der Waals surface area contributed by atoms with Gasteiger partial charge in [-0.15, -0.1) is 0 Å². The standard InChI is InChI=1S/C24H21N3O4/c1-4-12-31-24(28)18(15-25)13-19-16-27(20-8-6-5-7-9-20)26-23(19)17-10-11-21(29-2)22(14-17)30-3/h4-11,13-14,16H,1,12H2,2-3H3/b18-13+. The van der Waals surface area contributed by atoms with E-state index in [1.807, 2.05) is 42.5 Å². The highest BCUT2D eigenvalue weighted by molar-refractivity contribution is 5.98. The van der Waals surface area contributed by atoms with Crippen LogP contribution in [-0.2, 0) is 9.53 Å². The molecule has 156 valence electrons. The Bertz CT molecular complexity index is 1160. The van der Waals surface area contributed by atoms with Gasteiger partial charge in [0.05, 0.1) is 19.9 Å². The first-order chi connectivity index (χ1) is 15.1. The van der Waals surface area contributed by atoms with Gasteiger partial charge >= 0.3 is 5.97 Å². The van der Waals surface area contributed by atoms with E-state index >= 15 is 0 Å². The average Bonchev–Trinajstić information content (AvgIpc) is 3.24. The molecule has 0 aliphatic carbocycles. The largest absolute Gasteiger partial charge is 0.493 e. The number of esters is 1. The molecule has 7 nitrogen and oxygen atoms in total. The summed E-state index contributed by atoms with van der Waals surface area (Å²) < 4.78 is 17.4. The van der Waals surface area contributed by atoms with Crippen LogP contribution in [0.3, 0.4) is 0 Å². The fourth-order valence-corrected chi connectivity index (χ4v) is 2.92. The van der Waals surface area contributed by atoms with Crippen LogP contribution in [0.15, 0.2) is 73.0 Å². The van der Waals surface area contributed by atoms with Crippen molar-refractivity contribution in [2.45, 2.75) is 0 Å². The van der Waals surface area contributed by atoms with Crippen molar-refractivity contribution < 1.29 is 19.0 Å². The third kappa shape index (κ3) is 4.82. The molecule has 0 saturated heterocycles. The van der Waals surface area contributed by atoms with Crippen molar-refractivity contribution in [3.8, 4) is 34.5 Å². The van der Waals surface area contributed by atoms with Gasteiger partial charge in [-0.2, -0.15) is 10.4 Å². The van der Waals surface area contributed by atoms with Crippen molar-refractivity contribution in [3.63, 3.8) is 0 Å². The van der Waals surface area contributed by atoms with Crippen LogP contribution < -0.4 is 9.47 Å². The average molecular weight is 415 g/mol. The van der Waals surface area contributed by atoms with E-state index in [0.717, 1.165) is 11.3 Å². The summed E-state index contributed by atoms with van der Waals surface area (Å²) in [5.74, 6) is 0.389. The molecule has 1 aromatic heterocycles. The third-order valence-electron chi connectivity index (χ3n) is 4.39. The number of methoxy groups -OCH3 is 2. The van der Waals surface area contributed by atoms with Gasteiger partial charge in [-0.1, -0.05) is 30.9 Å². The first kappa shape index (κ1) is 21.4. The maximum atomic E-state index is 12.2. The minimum absolute atomic E-state index is 0.0175. The summed E-state index contributed by atoms with van der Waals surface area (Å²) in [5, 5.41) is 14.2. The maximum absolute atomic E-state index is 12.2. The molecule has 3 aromatic rings. The molecule has 0 radical (unpaired) electrons. The van der Waals surface area contributed by atoms with Crippen molar-refractivity contribution in [3.05, 3.63) is 78.5 Å². The molecule has 0 fully saturated rings. The second-order valence-electron chi connectivity index (χ2n) is 6.34. The number of para-hydroxylation sites is 1. The van der Waals surface area contributed by atoms with E-state index in [-0.39, 0.29) is 12.2 Å². The lowest BCUT2D eigenvalue weighted by Gasteiger charge is -2.09. The molecule has 31 heavy (non-hydrogen) atoms. The van der Waals surface area contributed by atoms with Crippen molar-refractivity contribution in [2.24, 2.45) is 0 Å². The molecular formula is C24H21N3O4. The summed E-state index contributed by atoms with van der Waals surface area (Å²) in [7, 11) is 3.11. The van der Waals surface area contributed by atoms with Crippen LogP contribution in [0.4, 0.5) is 0 Å². The van der Waals surface area contributed by atoms with Crippen molar-refractivity contribution in [1.29, 1.82) is 5.26 Å². The van der Waals surface area contributed by atoms with Gasteiger partial charge in [-0.25, -0.2) is 9.48 Å². The van der Waals surface area contributed by atoms with E-state index < -0.39 is 5.97 Å². The fourth-order valence-electron chi connectivity index (χ4n) is 2.92. The molecule has 7 heteroatoms. The quantitative estimate of drug-likeness (QED) is 0.237. The topological polar surface area (TPSA) is 86.4 Å². The van der Waals surface area contributed by atoms with Crippen LogP contribution in [0.25, 0.3) is 23.0 Å². The number of rotatable bonds is 8. The second kappa shape index (κ2) is 9.94. The minimum Gasteiger partial charge on any atom is -0.493 e. The van der Waals surface area contributed by atoms with Crippen LogP contribution in [0.2, 0.25) is 0 Å². The molecule has 0 atom stereocenters. The van der Waals surface area contributed by atoms with Gasteiger partial charge in [0.1, 0.15) is 23.9 Å². The van der Waals surface area contributed by atoms with Gasteiger partial charge < -0.3 is 14.2 Å². The predicted molar refractivity (Wildman–Crippen MR) is 117 cm³/mol. The molecule has 0 bridgehead atoms. The zero-order valence-corrected chi connectivity index (χ0v) is 17.2. The number of carbonyl (C=O) groups is 1. The summed E-state index contributed by atoms with van der Waals surface area (Å²) in [6.07, 6.45) is 4.65. The number of hydrogen-bond acceptors (Lipinski definition) is 6. The zero-order chi connectivity index (χ0) is 22.2. The highest BCUT2D eigenvalue weighted by atomic mass is 16.5. The van der Waals surface area contributed by atoms with Gasteiger partial charge in [-0.05, 0) is 36.4 Å². The summed E-state index contributed by atoms with van der Waals surface area (Å²) >= 11 is 0. The molecule has 1 heterocycles. The summed E-state index contributed by atoms with van der Waals surface area (Å²) in [4.78, 5) is 12.2.